The van der Waals surface area contributed by atoms with Gasteiger partial charge in [-0.2, -0.15) is 0 Å². The molecule has 2 N–H and O–H groups in total. The van der Waals surface area contributed by atoms with Crippen LogP contribution in [0.2, 0.25) is 0 Å². The predicted molar refractivity (Wildman–Crippen MR) is 98.0 cm³/mol. The zero-order chi connectivity index (χ0) is 17.2. The average molecular weight is 324 g/mol. The molecule has 0 spiro atoms. The molecule has 2 amide bonds. The average Bonchev–Trinajstić information content (AvgIpc) is 2.56. The number of nitrogens with one attached hydrogen (secondary N) is 2. The summed E-state index contributed by atoms with van der Waals surface area (Å²) in [7, 11) is 0. The topological polar surface area (TPSA) is 58.2 Å². The summed E-state index contributed by atoms with van der Waals surface area (Å²) in [5, 5.41) is 5.66. The molecule has 0 radical (unpaired) electrons. The molecule has 0 aliphatic heterocycles. The van der Waals surface area contributed by atoms with Crippen molar-refractivity contribution in [3.8, 4) is 0 Å². The highest BCUT2D eigenvalue weighted by molar-refractivity contribution is 5.90. The van der Waals surface area contributed by atoms with Crippen LogP contribution in [0.5, 0.6) is 0 Å². The molecule has 4 heteroatoms. The second-order valence-electron chi connectivity index (χ2n) is 5.85. The highest BCUT2D eigenvalue weighted by Gasteiger charge is 2.02. The fourth-order valence-electron chi connectivity index (χ4n) is 2.49. The molecule has 2 aromatic carbocycles. The van der Waals surface area contributed by atoms with Gasteiger partial charge in [-0.3, -0.25) is 9.59 Å². The van der Waals surface area contributed by atoms with Gasteiger partial charge < -0.3 is 10.6 Å². The highest BCUT2D eigenvalue weighted by atomic mass is 16.2. The molecule has 0 saturated carbocycles. The van der Waals surface area contributed by atoms with Crippen molar-refractivity contribution in [3.05, 3.63) is 60.2 Å². The number of carbonyl (C=O) groups excluding carboxylic acids is 2. The van der Waals surface area contributed by atoms with Crippen molar-refractivity contribution in [3.63, 3.8) is 0 Å². The van der Waals surface area contributed by atoms with Crippen LogP contribution in [-0.4, -0.2) is 11.8 Å². The first kappa shape index (κ1) is 17.7. The van der Waals surface area contributed by atoms with Gasteiger partial charge in [-0.15, -0.1) is 0 Å². The molecule has 0 aliphatic rings. The Labute approximate surface area is 143 Å². The number of anilines is 2. The van der Waals surface area contributed by atoms with Gasteiger partial charge in [0.15, 0.2) is 0 Å². The van der Waals surface area contributed by atoms with E-state index in [1.54, 1.807) is 0 Å². The molecule has 24 heavy (non-hydrogen) atoms. The summed E-state index contributed by atoms with van der Waals surface area (Å²) >= 11 is 0. The standard InChI is InChI=1S/C20H24N2O2/c1-16(23)21-19-14-12-17(13-15-19)8-4-2-7-11-20(24)22-18-9-5-3-6-10-18/h3,5-6,9-10,12-15H,2,4,7-8,11H2,1H3,(H,21,23)(H,22,24). The van der Waals surface area contributed by atoms with E-state index in [4.69, 9.17) is 0 Å². The largest absolute Gasteiger partial charge is 0.326 e. The Morgan fingerprint density at radius 2 is 1.46 bits per heavy atom. The second-order valence-corrected chi connectivity index (χ2v) is 5.85. The molecule has 0 saturated heterocycles. The van der Waals surface area contributed by atoms with Gasteiger partial charge in [-0.25, -0.2) is 0 Å². The maximum absolute atomic E-state index is 11.8. The van der Waals surface area contributed by atoms with E-state index in [2.05, 4.69) is 10.6 Å². The number of carbonyl (C=O) groups is 2. The van der Waals surface area contributed by atoms with Crippen molar-refractivity contribution in [1.82, 2.24) is 0 Å². The van der Waals surface area contributed by atoms with Gasteiger partial charge in [0.1, 0.15) is 0 Å². The first-order valence-corrected chi connectivity index (χ1v) is 8.35. The van der Waals surface area contributed by atoms with Crippen LogP contribution in [-0.2, 0) is 16.0 Å². The Hall–Kier alpha value is -2.62. The van der Waals surface area contributed by atoms with Gasteiger partial charge in [0.2, 0.25) is 11.8 Å². The van der Waals surface area contributed by atoms with Crippen LogP contribution in [0.1, 0.15) is 38.2 Å². The molecule has 126 valence electrons. The van der Waals surface area contributed by atoms with E-state index in [-0.39, 0.29) is 11.8 Å². The molecule has 0 aliphatic carbocycles. The van der Waals surface area contributed by atoms with Gasteiger partial charge in [-0.1, -0.05) is 36.8 Å². The van der Waals surface area contributed by atoms with Gasteiger partial charge in [-0.05, 0) is 49.1 Å². The zero-order valence-corrected chi connectivity index (χ0v) is 14.0. The van der Waals surface area contributed by atoms with Crippen molar-refractivity contribution in [2.75, 3.05) is 10.6 Å². The third kappa shape index (κ3) is 6.65. The molecule has 0 heterocycles. The van der Waals surface area contributed by atoms with Crippen LogP contribution < -0.4 is 10.6 Å². The minimum absolute atomic E-state index is 0.0588. The minimum Gasteiger partial charge on any atom is -0.326 e. The molecule has 2 aromatic rings. The summed E-state index contributed by atoms with van der Waals surface area (Å²) < 4.78 is 0. The van der Waals surface area contributed by atoms with Crippen molar-refractivity contribution >= 4 is 23.2 Å². The van der Waals surface area contributed by atoms with Crippen LogP contribution in [0, 0.1) is 0 Å². The zero-order valence-electron chi connectivity index (χ0n) is 14.0. The second kappa shape index (κ2) is 9.50. The minimum atomic E-state index is -0.0588. The molecule has 2 rings (SSSR count). The number of aryl methyl sites for hydroxylation is 1. The van der Waals surface area contributed by atoms with Crippen molar-refractivity contribution in [2.24, 2.45) is 0 Å². The summed E-state index contributed by atoms with van der Waals surface area (Å²) in [5.41, 5.74) is 2.92. The van der Waals surface area contributed by atoms with E-state index in [0.717, 1.165) is 37.1 Å². The maximum atomic E-state index is 11.8. The third-order valence-corrected chi connectivity index (χ3v) is 3.70. The smallest absolute Gasteiger partial charge is 0.224 e. The van der Waals surface area contributed by atoms with E-state index in [1.807, 2.05) is 54.6 Å². The first-order chi connectivity index (χ1) is 11.6. The van der Waals surface area contributed by atoms with E-state index >= 15 is 0 Å². The SMILES string of the molecule is CC(=O)Nc1ccc(CCCCCC(=O)Nc2ccccc2)cc1. The van der Waals surface area contributed by atoms with Crippen LogP contribution in [0.3, 0.4) is 0 Å². The third-order valence-electron chi connectivity index (χ3n) is 3.70. The lowest BCUT2D eigenvalue weighted by atomic mass is 10.1. The van der Waals surface area contributed by atoms with Crippen LogP contribution in [0.15, 0.2) is 54.6 Å². The number of hydrogen-bond donors (Lipinski definition) is 2. The Bertz CT molecular complexity index is 651. The Morgan fingerprint density at radius 1 is 0.792 bits per heavy atom. The molecule has 0 fully saturated rings. The van der Waals surface area contributed by atoms with Gasteiger partial charge in [0.25, 0.3) is 0 Å². The van der Waals surface area contributed by atoms with E-state index in [0.29, 0.717) is 6.42 Å². The van der Waals surface area contributed by atoms with E-state index in [1.165, 1.54) is 12.5 Å². The molecule has 0 atom stereocenters. The molecular weight excluding hydrogens is 300 g/mol. The van der Waals surface area contributed by atoms with Crippen LogP contribution in [0.4, 0.5) is 11.4 Å². The van der Waals surface area contributed by atoms with Crippen LogP contribution in [0.25, 0.3) is 0 Å². The molecule has 0 unspecified atom stereocenters. The molecule has 0 aromatic heterocycles. The lowest BCUT2D eigenvalue weighted by molar-refractivity contribution is -0.116. The molecule has 4 nitrogen and oxygen atoms in total. The fourth-order valence-corrected chi connectivity index (χ4v) is 2.49. The van der Waals surface area contributed by atoms with Crippen molar-refractivity contribution in [2.45, 2.75) is 39.0 Å². The lowest BCUT2D eigenvalue weighted by Crippen LogP contribution is -2.10. The summed E-state index contributed by atoms with van der Waals surface area (Å²) in [6, 6.07) is 17.4. The number of para-hydroxylation sites is 1. The maximum Gasteiger partial charge on any atom is 0.224 e. The number of benzene rings is 2. The Kier molecular flexibility index (Phi) is 7.02. The monoisotopic (exact) mass is 324 g/mol. The van der Waals surface area contributed by atoms with Crippen LogP contribution >= 0.6 is 0 Å². The molecular formula is C20H24N2O2. The number of hydrogen-bond acceptors (Lipinski definition) is 2. The Morgan fingerprint density at radius 3 is 2.12 bits per heavy atom. The van der Waals surface area contributed by atoms with E-state index < -0.39 is 0 Å². The predicted octanol–water partition coefficient (Wildman–Crippen LogP) is 4.39. The highest BCUT2D eigenvalue weighted by Crippen LogP contribution is 2.13. The Balaban J connectivity index is 1.61. The van der Waals surface area contributed by atoms with Crippen molar-refractivity contribution in [1.29, 1.82) is 0 Å². The number of amides is 2. The number of unbranched alkanes of at least 4 members (excludes halogenated alkanes) is 2. The van der Waals surface area contributed by atoms with Gasteiger partial charge >= 0.3 is 0 Å². The summed E-state index contributed by atoms with van der Waals surface area (Å²) in [6.07, 6.45) is 4.51. The summed E-state index contributed by atoms with van der Waals surface area (Å²) in [5.74, 6) is 0.0115. The van der Waals surface area contributed by atoms with Gasteiger partial charge in [0.05, 0.1) is 0 Å². The number of rotatable bonds is 8. The lowest BCUT2D eigenvalue weighted by Gasteiger charge is -2.06. The molecule has 0 bridgehead atoms. The van der Waals surface area contributed by atoms with Crippen molar-refractivity contribution < 1.29 is 9.59 Å². The normalized spacial score (nSPS) is 10.2. The van der Waals surface area contributed by atoms with Gasteiger partial charge in [0, 0.05) is 24.7 Å². The summed E-state index contributed by atoms with van der Waals surface area (Å²) in [6.45, 7) is 1.50. The summed E-state index contributed by atoms with van der Waals surface area (Å²) in [4.78, 5) is 22.8. The fraction of sp³-hybridized carbons (Fsp3) is 0.300. The quantitative estimate of drug-likeness (QED) is 0.708. The van der Waals surface area contributed by atoms with E-state index in [9.17, 15) is 9.59 Å². The first-order valence-electron chi connectivity index (χ1n) is 8.35.